The number of nitrogens with one attached hydrogen (secondary N) is 2. The highest BCUT2D eigenvalue weighted by Gasteiger charge is 2.19. The maximum atomic E-state index is 11.9. The molecule has 0 spiro atoms. The molecule has 6 nitrogen and oxygen atoms in total. The summed E-state index contributed by atoms with van der Waals surface area (Å²) in [5, 5.41) is 0. The highest BCUT2D eigenvalue weighted by molar-refractivity contribution is 7.87. The van der Waals surface area contributed by atoms with Crippen molar-refractivity contribution in [2.24, 2.45) is 0 Å². The monoisotopic (exact) mass is 328 g/mol. The van der Waals surface area contributed by atoms with Gasteiger partial charge in [-0.1, -0.05) is 19.3 Å². The van der Waals surface area contributed by atoms with Gasteiger partial charge in [-0.15, -0.1) is 0 Å². The fourth-order valence-electron chi connectivity index (χ4n) is 2.50. The van der Waals surface area contributed by atoms with Gasteiger partial charge in [-0.2, -0.15) is 17.9 Å². The van der Waals surface area contributed by atoms with Gasteiger partial charge in [0.1, 0.15) is 18.1 Å². The largest absolute Gasteiger partial charge is 0.497 e. The van der Waals surface area contributed by atoms with Gasteiger partial charge in [0.05, 0.1) is 7.11 Å². The highest BCUT2D eigenvalue weighted by atomic mass is 32.2. The molecule has 1 saturated carbocycles. The summed E-state index contributed by atoms with van der Waals surface area (Å²) in [7, 11) is -1.85. The molecule has 7 heteroatoms. The Kier molecular flexibility index (Phi) is 6.48. The van der Waals surface area contributed by atoms with Crippen molar-refractivity contribution in [3.05, 3.63) is 24.3 Å². The first kappa shape index (κ1) is 17.1. The van der Waals surface area contributed by atoms with E-state index in [0.717, 1.165) is 31.4 Å². The van der Waals surface area contributed by atoms with E-state index < -0.39 is 10.2 Å². The molecule has 0 atom stereocenters. The summed E-state index contributed by atoms with van der Waals surface area (Å²) >= 11 is 0. The molecule has 2 rings (SSSR count). The second kappa shape index (κ2) is 8.36. The van der Waals surface area contributed by atoms with Crippen LogP contribution in [0.1, 0.15) is 32.1 Å². The second-order valence-corrected chi connectivity index (χ2v) is 6.91. The Balaban J connectivity index is 1.68. The van der Waals surface area contributed by atoms with Crippen LogP contribution in [0.15, 0.2) is 24.3 Å². The summed E-state index contributed by atoms with van der Waals surface area (Å²) in [6, 6.07) is 7.23. The van der Waals surface area contributed by atoms with Crippen molar-refractivity contribution in [2.45, 2.75) is 38.1 Å². The molecule has 0 radical (unpaired) electrons. The number of ether oxygens (including phenoxy) is 2. The van der Waals surface area contributed by atoms with Crippen molar-refractivity contribution in [2.75, 3.05) is 20.3 Å². The standard InChI is InChI=1S/C15H24N2O4S/c1-20-14-7-9-15(10-8-14)21-12-11-16-22(18,19)17-13-5-3-2-4-6-13/h7-10,13,16-17H,2-6,11-12H2,1H3. The Morgan fingerprint density at radius 3 is 2.36 bits per heavy atom. The fourth-order valence-corrected chi connectivity index (χ4v) is 3.61. The molecule has 0 amide bonds. The maximum absolute atomic E-state index is 11.9. The maximum Gasteiger partial charge on any atom is 0.277 e. The summed E-state index contributed by atoms with van der Waals surface area (Å²) in [4.78, 5) is 0. The molecule has 1 aromatic rings. The molecule has 0 saturated heterocycles. The molecule has 22 heavy (non-hydrogen) atoms. The smallest absolute Gasteiger partial charge is 0.277 e. The molecule has 0 bridgehead atoms. The number of hydrogen-bond acceptors (Lipinski definition) is 4. The number of hydrogen-bond donors (Lipinski definition) is 2. The average molecular weight is 328 g/mol. The van der Waals surface area contributed by atoms with Gasteiger partial charge in [0, 0.05) is 12.6 Å². The SMILES string of the molecule is COc1ccc(OCCNS(=O)(=O)NC2CCCCC2)cc1. The van der Waals surface area contributed by atoms with Crippen LogP contribution >= 0.6 is 0 Å². The predicted octanol–water partition coefficient (Wildman–Crippen LogP) is 1.83. The van der Waals surface area contributed by atoms with Crippen molar-refractivity contribution in [1.29, 1.82) is 0 Å². The third-order valence-corrected chi connectivity index (χ3v) is 4.88. The van der Waals surface area contributed by atoms with Crippen LogP contribution in [0.5, 0.6) is 11.5 Å². The molecule has 1 fully saturated rings. The molecule has 0 heterocycles. The number of benzene rings is 1. The van der Waals surface area contributed by atoms with Crippen molar-refractivity contribution >= 4 is 10.2 Å². The van der Waals surface area contributed by atoms with Crippen LogP contribution in [0.4, 0.5) is 0 Å². The Labute approximate surface area is 132 Å². The van der Waals surface area contributed by atoms with Crippen molar-refractivity contribution in [3.63, 3.8) is 0 Å². The molecule has 0 aromatic heterocycles. The van der Waals surface area contributed by atoms with Crippen LogP contribution < -0.4 is 18.9 Å². The minimum absolute atomic E-state index is 0.0637. The fraction of sp³-hybridized carbons (Fsp3) is 0.600. The summed E-state index contributed by atoms with van der Waals surface area (Å²) in [6.45, 7) is 0.506. The predicted molar refractivity (Wildman–Crippen MR) is 85.4 cm³/mol. The van der Waals surface area contributed by atoms with Crippen molar-refractivity contribution < 1.29 is 17.9 Å². The van der Waals surface area contributed by atoms with Crippen molar-refractivity contribution in [3.8, 4) is 11.5 Å². The van der Waals surface area contributed by atoms with Crippen LogP contribution in [0.3, 0.4) is 0 Å². The Morgan fingerprint density at radius 2 is 1.73 bits per heavy atom. The van der Waals surface area contributed by atoms with Crippen LogP contribution in [-0.2, 0) is 10.2 Å². The zero-order valence-corrected chi connectivity index (χ0v) is 13.7. The zero-order chi connectivity index (χ0) is 15.8. The summed E-state index contributed by atoms with van der Waals surface area (Å²) in [6.07, 6.45) is 5.22. The summed E-state index contributed by atoms with van der Waals surface area (Å²) in [5.74, 6) is 1.44. The zero-order valence-electron chi connectivity index (χ0n) is 12.9. The molecular weight excluding hydrogens is 304 g/mol. The third-order valence-electron chi connectivity index (χ3n) is 3.65. The Morgan fingerprint density at radius 1 is 1.09 bits per heavy atom. The first-order chi connectivity index (χ1) is 10.6. The van der Waals surface area contributed by atoms with Gasteiger partial charge < -0.3 is 9.47 Å². The number of methoxy groups -OCH3 is 1. The molecule has 2 N–H and O–H groups in total. The van der Waals surface area contributed by atoms with E-state index in [-0.39, 0.29) is 19.2 Å². The van der Waals surface area contributed by atoms with Gasteiger partial charge in [0.25, 0.3) is 10.2 Å². The second-order valence-electron chi connectivity index (χ2n) is 5.37. The van der Waals surface area contributed by atoms with E-state index in [1.165, 1.54) is 6.42 Å². The molecule has 1 aromatic carbocycles. The molecule has 0 aliphatic heterocycles. The molecule has 1 aliphatic rings. The first-order valence-electron chi connectivity index (χ1n) is 7.63. The van der Waals surface area contributed by atoms with Gasteiger partial charge in [0.2, 0.25) is 0 Å². The van der Waals surface area contributed by atoms with E-state index in [4.69, 9.17) is 9.47 Å². The lowest BCUT2D eigenvalue weighted by molar-refractivity contribution is 0.321. The van der Waals surface area contributed by atoms with E-state index >= 15 is 0 Å². The molecule has 1 aliphatic carbocycles. The quantitative estimate of drug-likeness (QED) is 0.714. The van der Waals surface area contributed by atoms with E-state index in [0.29, 0.717) is 5.75 Å². The van der Waals surface area contributed by atoms with Crippen LogP contribution in [0.25, 0.3) is 0 Å². The van der Waals surface area contributed by atoms with Crippen molar-refractivity contribution in [1.82, 2.24) is 9.44 Å². The molecular formula is C15H24N2O4S. The normalized spacial score (nSPS) is 16.4. The minimum Gasteiger partial charge on any atom is -0.497 e. The van der Waals surface area contributed by atoms with Gasteiger partial charge in [0.15, 0.2) is 0 Å². The first-order valence-corrected chi connectivity index (χ1v) is 9.11. The lowest BCUT2D eigenvalue weighted by atomic mass is 9.96. The average Bonchev–Trinajstić information content (AvgIpc) is 2.53. The van der Waals surface area contributed by atoms with E-state index in [9.17, 15) is 8.42 Å². The lowest BCUT2D eigenvalue weighted by Crippen LogP contribution is -2.44. The Bertz CT molecular complexity index is 539. The Hall–Kier alpha value is -1.31. The highest BCUT2D eigenvalue weighted by Crippen LogP contribution is 2.18. The van der Waals surface area contributed by atoms with Crippen LogP contribution in [-0.4, -0.2) is 34.7 Å². The summed E-state index contributed by atoms with van der Waals surface area (Å²) in [5.41, 5.74) is 0. The number of rotatable bonds is 8. The van der Waals surface area contributed by atoms with E-state index in [2.05, 4.69) is 9.44 Å². The molecule has 124 valence electrons. The van der Waals surface area contributed by atoms with Gasteiger partial charge in [-0.3, -0.25) is 0 Å². The lowest BCUT2D eigenvalue weighted by Gasteiger charge is -2.22. The third kappa shape index (κ3) is 5.82. The minimum atomic E-state index is -3.45. The van der Waals surface area contributed by atoms with Crippen LogP contribution in [0.2, 0.25) is 0 Å². The van der Waals surface area contributed by atoms with E-state index in [1.54, 1.807) is 31.4 Å². The van der Waals surface area contributed by atoms with E-state index in [1.807, 2.05) is 0 Å². The summed E-state index contributed by atoms with van der Waals surface area (Å²) < 4.78 is 39.5. The van der Waals surface area contributed by atoms with Crippen LogP contribution in [0, 0.1) is 0 Å². The molecule has 0 unspecified atom stereocenters. The van der Waals surface area contributed by atoms with Gasteiger partial charge in [-0.25, -0.2) is 0 Å². The van der Waals surface area contributed by atoms with Gasteiger partial charge >= 0.3 is 0 Å². The van der Waals surface area contributed by atoms with Gasteiger partial charge in [-0.05, 0) is 37.1 Å². The topological polar surface area (TPSA) is 76.7 Å².